The molecule has 0 aliphatic rings. The molecule has 4 heteroatoms. The molecule has 0 amide bonds. The topological polar surface area (TPSA) is 34.2 Å². The van der Waals surface area contributed by atoms with E-state index in [1.54, 1.807) is 18.4 Å². The molecule has 0 radical (unpaired) electrons. The summed E-state index contributed by atoms with van der Waals surface area (Å²) in [5.74, 6) is 0.878. The highest BCUT2D eigenvalue weighted by Gasteiger charge is 2.08. The Balaban J connectivity index is 2.04. The Morgan fingerprint density at radius 3 is 2.89 bits per heavy atom. The highest BCUT2D eigenvalue weighted by atomic mass is 32.1. The molecule has 1 aromatic heterocycles. The smallest absolute Gasteiger partial charge is 0.128 e. The third kappa shape index (κ3) is 3.78. The molecule has 19 heavy (non-hydrogen) atoms. The standard InChI is InChI=1S/C15H20N2OS/c1-3-9-16-10-8-15-17-13(11-19-15)12-6-4-5-7-14(12)18-2/h4-7,11,16H,3,8-10H2,1-2H3. The van der Waals surface area contributed by atoms with Gasteiger partial charge in [0.1, 0.15) is 5.75 Å². The van der Waals surface area contributed by atoms with E-state index in [4.69, 9.17) is 4.74 Å². The van der Waals surface area contributed by atoms with E-state index < -0.39 is 0 Å². The number of para-hydroxylation sites is 1. The first kappa shape index (κ1) is 14.0. The predicted octanol–water partition coefficient (Wildman–Crippen LogP) is 3.36. The Kier molecular flexibility index (Phi) is 5.36. The molecular formula is C15H20N2OS. The number of rotatable bonds is 7. The van der Waals surface area contributed by atoms with Gasteiger partial charge < -0.3 is 10.1 Å². The van der Waals surface area contributed by atoms with Crippen LogP contribution in [0.2, 0.25) is 0 Å². The zero-order valence-corrected chi connectivity index (χ0v) is 12.3. The van der Waals surface area contributed by atoms with Gasteiger partial charge in [-0.05, 0) is 25.1 Å². The second-order valence-corrected chi connectivity index (χ2v) is 5.27. The van der Waals surface area contributed by atoms with Gasteiger partial charge in [0.15, 0.2) is 0 Å². The average molecular weight is 276 g/mol. The molecule has 0 aliphatic heterocycles. The van der Waals surface area contributed by atoms with Crippen molar-refractivity contribution in [1.82, 2.24) is 10.3 Å². The van der Waals surface area contributed by atoms with E-state index in [0.717, 1.165) is 36.5 Å². The number of nitrogens with zero attached hydrogens (tertiary/aromatic N) is 1. The van der Waals surface area contributed by atoms with Gasteiger partial charge in [-0.1, -0.05) is 19.1 Å². The molecule has 0 saturated heterocycles. The lowest BCUT2D eigenvalue weighted by molar-refractivity contribution is 0.416. The van der Waals surface area contributed by atoms with E-state index >= 15 is 0 Å². The van der Waals surface area contributed by atoms with Gasteiger partial charge in [-0.15, -0.1) is 11.3 Å². The Morgan fingerprint density at radius 2 is 2.11 bits per heavy atom. The number of hydrogen-bond acceptors (Lipinski definition) is 4. The van der Waals surface area contributed by atoms with Gasteiger partial charge >= 0.3 is 0 Å². The minimum absolute atomic E-state index is 0.878. The van der Waals surface area contributed by atoms with Gasteiger partial charge in [0.05, 0.1) is 17.8 Å². The first-order chi connectivity index (χ1) is 9.35. The molecule has 0 saturated carbocycles. The van der Waals surface area contributed by atoms with Crippen LogP contribution in [0.4, 0.5) is 0 Å². The maximum absolute atomic E-state index is 5.37. The molecule has 0 bridgehead atoms. The van der Waals surface area contributed by atoms with Crippen LogP contribution in [0, 0.1) is 0 Å². The Labute approximate surface area is 118 Å². The van der Waals surface area contributed by atoms with Gasteiger partial charge in [0.2, 0.25) is 0 Å². The van der Waals surface area contributed by atoms with Crippen molar-refractivity contribution < 1.29 is 4.74 Å². The second kappa shape index (κ2) is 7.26. The van der Waals surface area contributed by atoms with Gasteiger partial charge in [-0.2, -0.15) is 0 Å². The molecule has 0 fully saturated rings. The number of ether oxygens (including phenoxy) is 1. The largest absolute Gasteiger partial charge is 0.496 e. The molecule has 0 atom stereocenters. The molecule has 0 spiro atoms. The van der Waals surface area contributed by atoms with Crippen molar-refractivity contribution in [2.75, 3.05) is 20.2 Å². The summed E-state index contributed by atoms with van der Waals surface area (Å²) in [5, 5.41) is 6.67. The zero-order valence-electron chi connectivity index (χ0n) is 11.5. The van der Waals surface area contributed by atoms with Crippen LogP contribution < -0.4 is 10.1 Å². The Bertz CT molecular complexity index is 510. The summed E-state index contributed by atoms with van der Waals surface area (Å²) in [5.41, 5.74) is 2.07. The minimum atomic E-state index is 0.878. The fraction of sp³-hybridized carbons (Fsp3) is 0.400. The van der Waals surface area contributed by atoms with Crippen LogP contribution in [0.3, 0.4) is 0 Å². The highest BCUT2D eigenvalue weighted by molar-refractivity contribution is 7.09. The zero-order chi connectivity index (χ0) is 13.5. The molecule has 102 valence electrons. The maximum atomic E-state index is 5.37. The summed E-state index contributed by atoms with van der Waals surface area (Å²) < 4.78 is 5.37. The van der Waals surface area contributed by atoms with E-state index in [1.165, 1.54) is 11.4 Å². The van der Waals surface area contributed by atoms with Gasteiger partial charge in [0, 0.05) is 23.9 Å². The first-order valence-electron chi connectivity index (χ1n) is 6.63. The van der Waals surface area contributed by atoms with E-state index in [1.807, 2.05) is 24.3 Å². The number of benzene rings is 1. The van der Waals surface area contributed by atoms with Crippen molar-refractivity contribution >= 4 is 11.3 Å². The van der Waals surface area contributed by atoms with Crippen LogP contribution >= 0.6 is 11.3 Å². The van der Waals surface area contributed by atoms with Crippen LogP contribution in [0.15, 0.2) is 29.6 Å². The fourth-order valence-corrected chi connectivity index (χ4v) is 2.70. The minimum Gasteiger partial charge on any atom is -0.496 e. The lowest BCUT2D eigenvalue weighted by Gasteiger charge is -2.05. The molecule has 3 nitrogen and oxygen atoms in total. The van der Waals surface area contributed by atoms with Crippen LogP contribution in [-0.2, 0) is 6.42 Å². The summed E-state index contributed by atoms with van der Waals surface area (Å²) in [6.07, 6.45) is 2.16. The normalized spacial score (nSPS) is 10.6. The highest BCUT2D eigenvalue weighted by Crippen LogP contribution is 2.30. The lowest BCUT2D eigenvalue weighted by atomic mass is 10.1. The van der Waals surface area contributed by atoms with E-state index in [2.05, 4.69) is 22.6 Å². The number of nitrogens with one attached hydrogen (secondary N) is 1. The number of hydrogen-bond donors (Lipinski definition) is 1. The van der Waals surface area contributed by atoms with Crippen LogP contribution in [0.5, 0.6) is 5.75 Å². The lowest BCUT2D eigenvalue weighted by Crippen LogP contribution is -2.17. The van der Waals surface area contributed by atoms with Crippen molar-refractivity contribution in [3.63, 3.8) is 0 Å². The monoisotopic (exact) mass is 276 g/mol. The summed E-state index contributed by atoms with van der Waals surface area (Å²) in [7, 11) is 1.70. The summed E-state index contributed by atoms with van der Waals surface area (Å²) >= 11 is 1.71. The first-order valence-corrected chi connectivity index (χ1v) is 7.51. The van der Waals surface area contributed by atoms with Gasteiger partial charge in [-0.25, -0.2) is 4.98 Å². The quantitative estimate of drug-likeness (QED) is 0.787. The van der Waals surface area contributed by atoms with E-state index in [9.17, 15) is 0 Å². The second-order valence-electron chi connectivity index (χ2n) is 4.33. The summed E-state index contributed by atoms with van der Waals surface area (Å²) in [6.45, 7) is 4.24. The van der Waals surface area contributed by atoms with Gasteiger partial charge in [-0.3, -0.25) is 0 Å². The molecular weight excluding hydrogens is 256 g/mol. The van der Waals surface area contributed by atoms with Crippen molar-refractivity contribution in [1.29, 1.82) is 0 Å². The summed E-state index contributed by atoms with van der Waals surface area (Å²) in [4.78, 5) is 4.69. The average Bonchev–Trinajstić information content (AvgIpc) is 2.92. The van der Waals surface area contributed by atoms with Crippen molar-refractivity contribution in [3.8, 4) is 17.0 Å². The third-order valence-electron chi connectivity index (χ3n) is 2.88. The van der Waals surface area contributed by atoms with Crippen LogP contribution in [0.25, 0.3) is 11.3 Å². The third-order valence-corrected chi connectivity index (χ3v) is 3.79. The molecule has 1 N–H and O–H groups in total. The fourth-order valence-electron chi connectivity index (χ4n) is 1.90. The van der Waals surface area contributed by atoms with Gasteiger partial charge in [0.25, 0.3) is 0 Å². The van der Waals surface area contributed by atoms with Crippen molar-refractivity contribution in [3.05, 3.63) is 34.7 Å². The number of methoxy groups -OCH3 is 1. The molecule has 0 unspecified atom stereocenters. The molecule has 2 rings (SSSR count). The van der Waals surface area contributed by atoms with Crippen molar-refractivity contribution in [2.24, 2.45) is 0 Å². The van der Waals surface area contributed by atoms with E-state index in [-0.39, 0.29) is 0 Å². The SMILES string of the molecule is CCCNCCc1nc(-c2ccccc2OC)cs1. The number of thiazole rings is 1. The Morgan fingerprint density at radius 1 is 1.26 bits per heavy atom. The van der Waals surface area contributed by atoms with Crippen LogP contribution in [0.1, 0.15) is 18.4 Å². The molecule has 1 heterocycles. The number of aromatic nitrogens is 1. The van der Waals surface area contributed by atoms with Crippen molar-refractivity contribution in [2.45, 2.75) is 19.8 Å². The predicted molar refractivity (Wildman–Crippen MR) is 81.0 cm³/mol. The Hall–Kier alpha value is -1.39. The van der Waals surface area contributed by atoms with E-state index in [0.29, 0.717) is 0 Å². The summed E-state index contributed by atoms with van der Waals surface area (Å²) in [6, 6.07) is 8.01. The molecule has 0 aliphatic carbocycles. The molecule has 2 aromatic rings. The maximum Gasteiger partial charge on any atom is 0.128 e. The van der Waals surface area contributed by atoms with Crippen LogP contribution in [-0.4, -0.2) is 25.2 Å². The molecule has 1 aromatic carbocycles.